The van der Waals surface area contributed by atoms with Gasteiger partial charge in [0, 0.05) is 25.0 Å². The van der Waals surface area contributed by atoms with E-state index < -0.39 is 0 Å². The highest BCUT2D eigenvalue weighted by atomic mass is 16.5. The number of carbonyl (C=O) groups excluding carboxylic acids is 1. The number of benzene rings is 1. The zero-order valence-electron chi connectivity index (χ0n) is 14.3. The Morgan fingerprint density at radius 2 is 1.92 bits per heavy atom. The molecule has 1 aromatic carbocycles. The minimum atomic E-state index is 0.0128. The number of carbonyl (C=O) groups is 1. The lowest BCUT2D eigenvalue weighted by molar-refractivity contribution is -0.128. The standard InChI is InChI=1S/C20H22N2O3/c1-24-17-7-4-16(5-8-17)6-9-20(23)22-14-2-3-19(15-22)25-18-10-12-21-13-11-18/h4-13,19H,2-3,14-15H2,1H3/b9-6+/t19-/m0/s1. The number of methoxy groups -OCH3 is 1. The fourth-order valence-corrected chi connectivity index (χ4v) is 2.83. The quantitative estimate of drug-likeness (QED) is 0.786. The summed E-state index contributed by atoms with van der Waals surface area (Å²) >= 11 is 0. The summed E-state index contributed by atoms with van der Waals surface area (Å²) in [6.45, 7) is 1.37. The lowest BCUT2D eigenvalue weighted by Crippen LogP contribution is -2.43. The van der Waals surface area contributed by atoms with Crippen LogP contribution in [0.3, 0.4) is 0 Å². The predicted octanol–water partition coefficient (Wildman–Crippen LogP) is 3.17. The fraction of sp³-hybridized carbons (Fsp3) is 0.300. The third-order valence-corrected chi connectivity index (χ3v) is 4.18. The molecule has 0 bridgehead atoms. The van der Waals surface area contributed by atoms with E-state index in [-0.39, 0.29) is 12.0 Å². The Bertz CT molecular complexity index is 713. The van der Waals surface area contributed by atoms with Gasteiger partial charge in [-0.2, -0.15) is 0 Å². The Morgan fingerprint density at radius 1 is 1.16 bits per heavy atom. The molecule has 1 atom stereocenters. The Balaban J connectivity index is 1.56. The molecule has 0 radical (unpaired) electrons. The summed E-state index contributed by atoms with van der Waals surface area (Å²) < 4.78 is 11.1. The van der Waals surface area contributed by atoms with Gasteiger partial charge >= 0.3 is 0 Å². The van der Waals surface area contributed by atoms with Crippen molar-refractivity contribution in [2.24, 2.45) is 0 Å². The maximum Gasteiger partial charge on any atom is 0.246 e. The first kappa shape index (κ1) is 17.0. The summed E-state index contributed by atoms with van der Waals surface area (Å²) in [7, 11) is 1.63. The molecule has 0 N–H and O–H groups in total. The van der Waals surface area contributed by atoms with E-state index in [1.807, 2.05) is 47.4 Å². The fourth-order valence-electron chi connectivity index (χ4n) is 2.83. The van der Waals surface area contributed by atoms with Crippen LogP contribution in [0.4, 0.5) is 0 Å². The highest BCUT2D eigenvalue weighted by molar-refractivity contribution is 5.91. The Hall–Kier alpha value is -2.82. The predicted molar refractivity (Wildman–Crippen MR) is 96.5 cm³/mol. The average molecular weight is 338 g/mol. The number of aromatic nitrogens is 1. The van der Waals surface area contributed by atoms with Gasteiger partial charge in [0.1, 0.15) is 17.6 Å². The second-order valence-electron chi connectivity index (χ2n) is 5.96. The number of amides is 1. The lowest BCUT2D eigenvalue weighted by atomic mass is 10.1. The molecule has 25 heavy (non-hydrogen) atoms. The maximum atomic E-state index is 12.4. The van der Waals surface area contributed by atoms with Gasteiger partial charge in [-0.15, -0.1) is 0 Å². The van der Waals surface area contributed by atoms with Crippen molar-refractivity contribution in [1.82, 2.24) is 9.88 Å². The van der Waals surface area contributed by atoms with Crippen LogP contribution in [0, 0.1) is 0 Å². The van der Waals surface area contributed by atoms with E-state index in [1.54, 1.807) is 25.6 Å². The molecule has 0 spiro atoms. The van der Waals surface area contributed by atoms with Gasteiger partial charge in [-0.1, -0.05) is 12.1 Å². The third kappa shape index (κ3) is 4.83. The summed E-state index contributed by atoms with van der Waals surface area (Å²) in [6, 6.07) is 11.3. The van der Waals surface area contributed by atoms with Crippen LogP contribution < -0.4 is 9.47 Å². The molecule has 1 aliphatic rings. The first-order valence-corrected chi connectivity index (χ1v) is 8.42. The molecule has 1 aromatic heterocycles. The molecule has 5 heteroatoms. The van der Waals surface area contributed by atoms with Crippen LogP contribution in [0.5, 0.6) is 11.5 Å². The van der Waals surface area contributed by atoms with Crippen molar-refractivity contribution in [2.45, 2.75) is 18.9 Å². The highest BCUT2D eigenvalue weighted by Gasteiger charge is 2.23. The molecule has 1 aliphatic heterocycles. The van der Waals surface area contributed by atoms with Crippen LogP contribution in [-0.4, -0.2) is 42.1 Å². The van der Waals surface area contributed by atoms with E-state index in [0.29, 0.717) is 6.54 Å². The molecule has 2 heterocycles. The van der Waals surface area contributed by atoms with Crippen molar-refractivity contribution in [2.75, 3.05) is 20.2 Å². The van der Waals surface area contributed by atoms with Crippen LogP contribution in [0.15, 0.2) is 54.9 Å². The van der Waals surface area contributed by atoms with Crippen LogP contribution in [-0.2, 0) is 4.79 Å². The number of likely N-dealkylation sites (tertiary alicyclic amines) is 1. The molecule has 0 saturated carbocycles. The molecular formula is C20H22N2O3. The first-order chi connectivity index (χ1) is 12.2. The van der Waals surface area contributed by atoms with Gasteiger partial charge in [0.05, 0.1) is 13.7 Å². The highest BCUT2D eigenvalue weighted by Crippen LogP contribution is 2.18. The normalized spacial score (nSPS) is 17.5. The molecule has 1 amide bonds. The van der Waals surface area contributed by atoms with E-state index in [4.69, 9.17) is 9.47 Å². The topological polar surface area (TPSA) is 51.7 Å². The smallest absolute Gasteiger partial charge is 0.246 e. The number of piperidine rings is 1. The number of ether oxygens (including phenoxy) is 2. The van der Waals surface area contributed by atoms with E-state index in [9.17, 15) is 4.79 Å². The van der Waals surface area contributed by atoms with Crippen LogP contribution in [0.25, 0.3) is 6.08 Å². The lowest BCUT2D eigenvalue weighted by Gasteiger charge is -2.32. The Morgan fingerprint density at radius 3 is 2.64 bits per heavy atom. The van der Waals surface area contributed by atoms with Crippen molar-refractivity contribution in [1.29, 1.82) is 0 Å². The number of pyridine rings is 1. The van der Waals surface area contributed by atoms with Crippen molar-refractivity contribution < 1.29 is 14.3 Å². The molecule has 1 saturated heterocycles. The largest absolute Gasteiger partial charge is 0.497 e. The number of hydrogen-bond acceptors (Lipinski definition) is 4. The summed E-state index contributed by atoms with van der Waals surface area (Å²) in [4.78, 5) is 18.3. The zero-order valence-corrected chi connectivity index (χ0v) is 14.3. The summed E-state index contributed by atoms with van der Waals surface area (Å²) in [5, 5.41) is 0. The van der Waals surface area contributed by atoms with Crippen molar-refractivity contribution in [3.05, 3.63) is 60.4 Å². The van der Waals surface area contributed by atoms with Crippen molar-refractivity contribution in [3.8, 4) is 11.5 Å². The number of hydrogen-bond donors (Lipinski definition) is 0. The number of rotatable bonds is 5. The van der Waals surface area contributed by atoms with E-state index in [0.717, 1.165) is 36.4 Å². The molecule has 1 fully saturated rings. The molecule has 130 valence electrons. The van der Waals surface area contributed by atoms with Gasteiger partial charge in [-0.25, -0.2) is 0 Å². The molecular weight excluding hydrogens is 316 g/mol. The van der Waals surface area contributed by atoms with Gasteiger partial charge in [-0.3, -0.25) is 9.78 Å². The minimum Gasteiger partial charge on any atom is -0.497 e. The molecule has 5 nitrogen and oxygen atoms in total. The second kappa shape index (κ2) is 8.33. The molecule has 0 aliphatic carbocycles. The van der Waals surface area contributed by atoms with Crippen LogP contribution >= 0.6 is 0 Å². The number of nitrogens with zero attached hydrogens (tertiary/aromatic N) is 2. The van der Waals surface area contributed by atoms with Gasteiger partial charge in [-0.05, 0) is 48.7 Å². The molecule has 2 aromatic rings. The van der Waals surface area contributed by atoms with Crippen LogP contribution in [0.2, 0.25) is 0 Å². The Labute approximate surface area is 147 Å². The maximum absolute atomic E-state index is 12.4. The first-order valence-electron chi connectivity index (χ1n) is 8.42. The summed E-state index contributed by atoms with van der Waals surface area (Å²) in [6.07, 6.45) is 8.78. The monoisotopic (exact) mass is 338 g/mol. The molecule has 0 unspecified atom stereocenters. The third-order valence-electron chi connectivity index (χ3n) is 4.18. The van der Waals surface area contributed by atoms with Gasteiger partial charge < -0.3 is 14.4 Å². The van der Waals surface area contributed by atoms with E-state index in [1.165, 1.54) is 0 Å². The average Bonchev–Trinajstić information content (AvgIpc) is 2.67. The Kier molecular flexibility index (Phi) is 5.67. The van der Waals surface area contributed by atoms with Crippen LogP contribution in [0.1, 0.15) is 18.4 Å². The second-order valence-corrected chi connectivity index (χ2v) is 5.96. The summed E-state index contributed by atoms with van der Waals surface area (Å²) in [5.41, 5.74) is 0.968. The van der Waals surface area contributed by atoms with E-state index >= 15 is 0 Å². The molecule has 3 rings (SSSR count). The SMILES string of the molecule is COc1ccc(/C=C/C(=O)N2CCC[C@H](Oc3ccncc3)C2)cc1. The van der Waals surface area contributed by atoms with Crippen molar-refractivity contribution >= 4 is 12.0 Å². The van der Waals surface area contributed by atoms with Gasteiger partial charge in [0.2, 0.25) is 5.91 Å². The zero-order chi connectivity index (χ0) is 17.5. The van der Waals surface area contributed by atoms with Gasteiger partial charge in [0.25, 0.3) is 0 Å². The van der Waals surface area contributed by atoms with Crippen molar-refractivity contribution in [3.63, 3.8) is 0 Å². The summed E-state index contributed by atoms with van der Waals surface area (Å²) in [5.74, 6) is 1.61. The minimum absolute atomic E-state index is 0.0128. The van der Waals surface area contributed by atoms with Gasteiger partial charge in [0.15, 0.2) is 0 Å². The van der Waals surface area contributed by atoms with E-state index in [2.05, 4.69) is 4.98 Å².